The minimum Gasteiger partial charge on any atom is -0.458 e. The van der Waals surface area contributed by atoms with E-state index in [2.05, 4.69) is 199 Å². The van der Waals surface area contributed by atoms with E-state index in [1.165, 1.54) is 69.5 Å². The molecule has 3 heterocycles. The molecule has 11 rings (SSSR count). The van der Waals surface area contributed by atoms with Crippen LogP contribution in [-0.4, -0.2) is 18.6 Å². The fourth-order valence-corrected chi connectivity index (χ4v) is 15.1. The summed E-state index contributed by atoms with van der Waals surface area (Å²) in [6.07, 6.45) is 0. The Balaban J connectivity index is 1.17. The molecule has 0 saturated heterocycles. The van der Waals surface area contributed by atoms with Gasteiger partial charge in [-0.25, -0.2) is 0 Å². The molecule has 0 unspecified atom stereocenters. The quantitative estimate of drug-likeness (QED) is 0.132. The average Bonchev–Trinajstić information content (AvgIpc) is 3.57. The van der Waals surface area contributed by atoms with Crippen molar-refractivity contribution >= 4 is 79.2 Å². The molecule has 0 radical (unpaired) electrons. The van der Waals surface area contributed by atoms with Crippen LogP contribution in [0.2, 0.25) is 0 Å². The van der Waals surface area contributed by atoms with Gasteiger partial charge >= 0.3 is 0 Å². The second-order valence-electron chi connectivity index (χ2n) is 14.0. The summed E-state index contributed by atoms with van der Waals surface area (Å²) in [5.74, 6) is 1.99. The van der Waals surface area contributed by atoms with E-state index in [-0.39, 0.29) is 5.99 Å². The van der Waals surface area contributed by atoms with Crippen molar-refractivity contribution in [3.8, 4) is 28.3 Å². The maximum atomic E-state index is 7.24. The summed E-state index contributed by atoms with van der Waals surface area (Å²) in [6.45, 7) is 0. The van der Waals surface area contributed by atoms with Crippen LogP contribution < -0.4 is 36.4 Å². The molecule has 5 heteroatoms. The third-order valence-corrected chi connectivity index (χ3v) is 17.3. The third-order valence-electron chi connectivity index (χ3n) is 11.2. The number of aromatic nitrogens is 1. The summed E-state index contributed by atoms with van der Waals surface area (Å²) >= 11 is 1.94. The number of hydrogen-bond donors (Lipinski definition) is 0. The fourth-order valence-electron chi connectivity index (χ4n) is 8.97. The molecule has 248 valence electrons. The SMILES string of the molecule is c1ccc([Si](c2ccccc2)(c2ccccc2)c2ccc3c(c2)Oc2cc(-n4c5ccccc5c5ccccc54)cc4c2B3Sc2ccccc2-4)cc1. The van der Waals surface area contributed by atoms with Crippen LogP contribution in [0.3, 0.4) is 0 Å². The second-order valence-corrected chi connectivity index (χ2v) is 18.9. The van der Waals surface area contributed by atoms with Gasteiger partial charge in [0, 0.05) is 21.7 Å². The van der Waals surface area contributed by atoms with E-state index < -0.39 is 8.07 Å². The van der Waals surface area contributed by atoms with Crippen molar-refractivity contribution < 1.29 is 4.74 Å². The standard InChI is InChI=1S/C48H32BNOSSi/c1-4-16-34(17-5-1)53(35-18-6-2-7-19-35,36-20-8-3-9-21-36)37-28-29-42-45(32-37)51-46-31-33(30-41-40-24-12-15-27-47(40)52-49(42)48(41)46)50-43-25-13-10-22-38(43)39-23-11-14-26-44(39)50/h1-32H. The lowest BCUT2D eigenvalue weighted by atomic mass is 9.57. The molecule has 2 aliphatic rings. The normalized spacial score (nSPS) is 12.9. The van der Waals surface area contributed by atoms with Crippen LogP contribution >= 0.6 is 11.6 Å². The van der Waals surface area contributed by atoms with Gasteiger partial charge in [0.15, 0.2) is 8.07 Å². The van der Waals surface area contributed by atoms with E-state index in [0.29, 0.717) is 0 Å². The van der Waals surface area contributed by atoms with Crippen LogP contribution in [0, 0.1) is 0 Å². The smallest absolute Gasteiger partial charge is 0.289 e. The Bertz CT molecular complexity index is 2700. The summed E-state index contributed by atoms with van der Waals surface area (Å²) in [5.41, 5.74) is 8.49. The van der Waals surface area contributed by atoms with Crippen molar-refractivity contribution in [1.29, 1.82) is 0 Å². The maximum Gasteiger partial charge on any atom is 0.289 e. The Morgan fingerprint density at radius 3 is 1.62 bits per heavy atom. The predicted molar refractivity (Wildman–Crippen MR) is 227 cm³/mol. The van der Waals surface area contributed by atoms with Gasteiger partial charge in [0.1, 0.15) is 11.5 Å². The van der Waals surface area contributed by atoms with Gasteiger partial charge in [-0.2, -0.15) is 11.6 Å². The summed E-state index contributed by atoms with van der Waals surface area (Å²) in [4.78, 5) is 1.30. The van der Waals surface area contributed by atoms with Crippen molar-refractivity contribution in [2.45, 2.75) is 4.90 Å². The molecule has 9 aromatic rings. The zero-order chi connectivity index (χ0) is 34.9. The van der Waals surface area contributed by atoms with Gasteiger partial charge in [0.05, 0.1) is 16.7 Å². The summed E-state index contributed by atoms with van der Waals surface area (Å²) in [5, 5.41) is 7.87. The minimum absolute atomic E-state index is 0.112. The Morgan fingerprint density at radius 1 is 0.453 bits per heavy atom. The van der Waals surface area contributed by atoms with Crippen LogP contribution in [-0.2, 0) is 0 Å². The van der Waals surface area contributed by atoms with Gasteiger partial charge in [-0.3, -0.25) is 0 Å². The van der Waals surface area contributed by atoms with E-state index in [4.69, 9.17) is 4.74 Å². The van der Waals surface area contributed by atoms with E-state index in [9.17, 15) is 0 Å². The van der Waals surface area contributed by atoms with Gasteiger partial charge in [-0.15, -0.1) is 0 Å². The Morgan fingerprint density at radius 2 is 1.00 bits per heavy atom. The first-order valence-electron chi connectivity index (χ1n) is 18.2. The first kappa shape index (κ1) is 30.6. The van der Waals surface area contributed by atoms with E-state index in [1.54, 1.807) is 0 Å². The molecule has 0 saturated carbocycles. The average molecular weight is 710 g/mol. The number of nitrogens with zero attached hydrogens (tertiary/aromatic N) is 1. The van der Waals surface area contributed by atoms with Gasteiger partial charge in [-0.1, -0.05) is 158 Å². The van der Waals surface area contributed by atoms with Crippen LogP contribution in [0.1, 0.15) is 0 Å². The second kappa shape index (κ2) is 12.0. The molecule has 0 atom stereocenters. The molecule has 8 aromatic carbocycles. The van der Waals surface area contributed by atoms with Crippen LogP contribution in [0.4, 0.5) is 0 Å². The van der Waals surface area contributed by atoms with Gasteiger partial charge < -0.3 is 9.30 Å². The van der Waals surface area contributed by atoms with Crippen molar-refractivity contribution in [3.63, 3.8) is 0 Å². The molecule has 0 spiro atoms. The topological polar surface area (TPSA) is 14.2 Å². The lowest BCUT2D eigenvalue weighted by Crippen LogP contribution is -2.74. The highest BCUT2D eigenvalue weighted by molar-refractivity contribution is 8.28. The van der Waals surface area contributed by atoms with Crippen molar-refractivity contribution in [2.24, 2.45) is 0 Å². The third kappa shape index (κ3) is 4.54. The summed E-state index contributed by atoms with van der Waals surface area (Å²) in [6, 6.07) is 71.5. The molecule has 0 fully saturated rings. The number of hydrogen-bond acceptors (Lipinski definition) is 2. The van der Waals surface area contributed by atoms with Crippen LogP contribution in [0.15, 0.2) is 199 Å². The highest BCUT2D eigenvalue weighted by Crippen LogP contribution is 2.44. The van der Waals surface area contributed by atoms with E-state index in [1.807, 2.05) is 11.6 Å². The zero-order valence-electron chi connectivity index (χ0n) is 28.8. The first-order valence-corrected chi connectivity index (χ1v) is 21.1. The van der Waals surface area contributed by atoms with Gasteiger partial charge in [-0.05, 0) is 73.1 Å². The lowest BCUT2D eigenvalue weighted by Gasteiger charge is -2.37. The largest absolute Gasteiger partial charge is 0.458 e. The van der Waals surface area contributed by atoms with Gasteiger partial charge in [0.25, 0.3) is 5.99 Å². The molecular formula is C48H32BNOSSi. The van der Waals surface area contributed by atoms with Gasteiger partial charge in [0.2, 0.25) is 0 Å². The Kier molecular flexibility index (Phi) is 6.94. The fraction of sp³-hybridized carbons (Fsp3) is 0. The molecule has 1 aromatic heterocycles. The summed E-state index contributed by atoms with van der Waals surface area (Å²) in [7, 11) is -2.74. The molecule has 53 heavy (non-hydrogen) atoms. The van der Waals surface area contributed by atoms with E-state index >= 15 is 0 Å². The zero-order valence-corrected chi connectivity index (χ0v) is 30.6. The number of benzene rings is 8. The highest BCUT2D eigenvalue weighted by atomic mass is 32.2. The van der Waals surface area contributed by atoms with Crippen molar-refractivity contribution in [2.75, 3.05) is 0 Å². The van der Waals surface area contributed by atoms with E-state index in [0.717, 1.165) is 17.2 Å². The first-order chi connectivity index (χ1) is 26.3. The number of para-hydroxylation sites is 2. The van der Waals surface area contributed by atoms with Crippen molar-refractivity contribution in [1.82, 2.24) is 4.57 Å². The molecule has 0 aliphatic carbocycles. The Hall–Kier alpha value is -6.01. The number of rotatable bonds is 5. The highest BCUT2D eigenvalue weighted by Gasteiger charge is 2.44. The molecule has 0 amide bonds. The predicted octanol–water partition coefficient (Wildman–Crippen LogP) is 8.15. The molecule has 0 N–H and O–H groups in total. The van der Waals surface area contributed by atoms with Crippen LogP contribution in [0.5, 0.6) is 11.5 Å². The maximum absolute atomic E-state index is 7.24. The number of ether oxygens (including phenoxy) is 1. The minimum atomic E-state index is -2.74. The lowest BCUT2D eigenvalue weighted by molar-refractivity contribution is 0.488. The van der Waals surface area contributed by atoms with Crippen LogP contribution in [0.25, 0.3) is 38.6 Å². The molecular weight excluding hydrogens is 677 g/mol. The molecule has 0 bridgehead atoms. The van der Waals surface area contributed by atoms with Crippen molar-refractivity contribution in [3.05, 3.63) is 194 Å². The number of fused-ring (bicyclic) bond motifs is 7. The molecule has 2 aliphatic heterocycles. The summed E-state index contributed by atoms with van der Waals surface area (Å²) < 4.78 is 9.65. The molecule has 2 nitrogen and oxygen atoms in total. The Labute approximate surface area is 314 Å². The monoisotopic (exact) mass is 709 g/mol.